The standard InChI is InChI=1S/C13H8ClN5O4/c14-12-10(2-1-3-16-12)17-11(20)7-18-6-9(19(22)23)4-8(5-15)13(18)21/h1-4,6H,7H2,(H,17,20). The zero-order chi connectivity index (χ0) is 17.0. The van der Waals surface area contributed by atoms with E-state index in [0.29, 0.717) is 0 Å². The van der Waals surface area contributed by atoms with Crippen LogP contribution < -0.4 is 10.9 Å². The van der Waals surface area contributed by atoms with Crippen molar-refractivity contribution in [1.82, 2.24) is 9.55 Å². The van der Waals surface area contributed by atoms with Gasteiger partial charge in [0.2, 0.25) is 5.91 Å². The molecule has 0 aliphatic carbocycles. The molecule has 0 aromatic carbocycles. The molecule has 0 radical (unpaired) electrons. The van der Waals surface area contributed by atoms with E-state index in [-0.39, 0.29) is 10.8 Å². The number of nitrogens with zero attached hydrogens (tertiary/aromatic N) is 4. The molecule has 0 unspecified atom stereocenters. The average molecular weight is 334 g/mol. The number of hydrogen-bond acceptors (Lipinski definition) is 6. The average Bonchev–Trinajstić information content (AvgIpc) is 2.51. The normalized spacial score (nSPS) is 9.91. The highest BCUT2D eigenvalue weighted by molar-refractivity contribution is 6.32. The molecule has 1 N–H and O–H groups in total. The Balaban J connectivity index is 2.29. The van der Waals surface area contributed by atoms with Crippen LogP contribution in [0, 0.1) is 21.4 Å². The van der Waals surface area contributed by atoms with Crippen LogP contribution in [-0.2, 0) is 11.3 Å². The molecule has 0 saturated carbocycles. The van der Waals surface area contributed by atoms with Crippen LogP contribution in [0.25, 0.3) is 0 Å². The van der Waals surface area contributed by atoms with Gasteiger partial charge in [-0.1, -0.05) is 11.6 Å². The van der Waals surface area contributed by atoms with E-state index >= 15 is 0 Å². The third-order valence-corrected chi connectivity index (χ3v) is 3.05. The van der Waals surface area contributed by atoms with Crippen molar-refractivity contribution < 1.29 is 9.72 Å². The van der Waals surface area contributed by atoms with E-state index in [9.17, 15) is 19.7 Å². The van der Waals surface area contributed by atoms with Gasteiger partial charge in [0.25, 0.3) is 11.2 Å². The lowest BCUT2D eigenvalue weighted by Gasteiger charge is -2.08. The van der Waals surface area contributed by atoms with Crippen molar-refractivity contribution in [3.63, 3.8) is 0 Å². The highest BCUT2D eigenvalue weighted by Gasteiger charge is 2.16. The minimum atomic E-state index is -0.800. The van der Waals surface area contributed by atoms with Crippen LogP contribution >= 0.6 is 11.6 Å². The van der Waals surface area contributed by atoms with Crippen LogP contribution in [0.15, 0.2) is 35.4 Å². The summed E-state index contributed by atoms with van der Waals surface area (Å²) in [6.07, 6.45) is 2.33. The summed E-state index contributed by atoms with van der Waals surface area (Å²) in [6, 6.07) is 5.47. The van der Waals surface area contributed by atoms with Gasteiger partial charge in [-0.2, -0.15) is 5.26 Å². The van der Waals surface area contributed by atoms with Crippen molar-refractivity contribution in [2.24, 2.45) is 0 Å². The van der Waals surface area contributed by atoms with Gasteiger partial charge in [-0.05, 0) is 12.1 Å². The molecule has 0 fully saturated rings. The van der Waals surface area contributed by atoms with Crippen molar-refractivity contribution >= 4 is 28.9 Å². The lowest BCUT2D eigenvalue weighted by molar-refractivity contribution is -0.385. The van der Waals surface area contributed by atoms with Gasteiger partial charge >= 0.3 is 0 Å². The number of amides is 1. The number of nitriles is 1. The van der Waals surface area contributed by atoms with E-state index in [1.54, 1.807) is 12.1 Å². The lowest BCUT2D eigenvalue weighted by Crippen LogP contribution is -2.29. The molecule has 116 valence electrons. The minimum absolute atomic E-state index is 0.0601. The summed E-state index contributed by atoms with van der Waals surface area (Å²) >= 11 is 5.79. The first-order valence-corrected chi connectivity index (χ1v) is 6.49. The van der Waals surface area contributed by atoms with Crippen LogP contribution in [0.1, 0.15) is 5.56 Å². The topological polar surface area (TPSA) is 131 Å². The van der Waals surface area contributed by atoms with E-state index in [2.05, 4.69) is 10.3 Å². The third-order valence-electron chi connectivity index (χ3n) is 2.75. The highest BCUT2D eigenvalue weighted by atomic mass is 35.5. The molecular formula is C13H8ClN5O4. The smallest absolute Gasteiger partial charge is 0.287 e. The summed E-state index contributed by atoms with van der Waals surface area (Å²) in [6.45, 7) is -0.513. The second kappa shape index (κ2) is 6.67. The summed E-state index contributed by atoms with van der Waals surface area (Å²) in [7, 11) is 0. The first-order chi connectivity index (χ1) is 10.9. The Morgan fingerprint density at radius 3 is 2.91 bits per heavy atom. The number of hydrogen-bond donors (Lipinski definition) is 1. The van der Waals surface area contributed by atoms with Crippen LogP contribution in [-0.4, -0.2) is 20.4 Å². The maximum Gasteiger partial charge on any atom is 0.287 e. The Kier molecular flexibility index (Phi) is 4.68. The van der Waals surface area contributed by atoms with Gasteiger partial charge < -0.3 is 5.32 Å². The second-order valence-electron chi connectivity index (χ2n) is 4.30. The highest BCUT2D eigenvalue weighted by Crippen LogP contribution is 2.17. The predicted molar refractivity (Wildman–Crippen MR) is 79.9 cm³/mol. The lowest BCUT2D eigenvalue weighted by atomic mass is 10.2. The second-order valence-corrected chi connectivity index (χ2v) is 4.66. The molecule has 2 aromatic heterocycles. The van der Waals surface area contributed by atoms with E-state index in [1.807, 2.05) is 0 Å². The molecular weight excluding hydrogens is 326 g/mol. The third kappa shape index (κ3) is 3.69. The monoisotopic (exact) mass is 333 g/mol. The summed E-state index contributed by atoms with van der Waals surface area (Å²) in [4.78, 5) is 37.7. The van der Waals surface area contributed by atoms with Crippen molar-refractivity contribution in [2.75, 3.05) is 5.32 Å². The van der Waals surface area contributed by atoms with Gasteiger partial charge in [0.15, 0.2) is 5.15 Å². The number of anilines is 1. The van der Waals surface area contributed by atoms with E-state index < -0.39 is 34.2 Å². The largest absolute Gasteiger partial charge is 0.322 e. The summed E-state index contributed by atoms with van der Waals surface area (Å²) in [5, 5.41) is 22.1. The van der Waals surface area contributed by atoms with Gasteiger partial charge in [-0.3, -0.25) is 24.3 Å². The van der Waals surface area contributed by atoms with Crippen LogP contribution in [0.3, 0.4) is 0 Å². The molecule has 2 heterocycles. The molecule has 0 bridgehead atoms. The SMILES string of the molecule is N#Cc1cc([N+](=O)[O-])cn(CC(=O)Nc2cccnc2Cl)c1=O. The number of nitrogens with one attached hydrogen (secondary N) is 1. The zero-order valence-electron chi connectivity index (χ0n) is 11.4. The number of carbonyl (C=O) groups excluding carboxylic acids is 1. The van der Waals surface area contributed by atoms with Gasteiger partial charge in [0, 0.05) is 12.3 Å². The quantitative estimate of drug-likeness (QED) is 0.510. The first kappa shape index (κ1) is 16.1. The van der Waals surface area contributed by atoms with Crippen molar-refractivity contribution in [2.45, 2.75) is 6.54 Å². The Morgan fingerprint density at radius 2 is 2.30 bits per heavy atom. The number of nitro groups is 1. The molecule has 1 amide bonds. The van der Waals surface area contributed by atoms with E-state index in [1.165, 1.54) is 12.3 Å². The van der Waals surface area contributed by atoms with Crippen LogP contribution in [0.2, 0.25) is 5.15 Å². The molecule has 23 heavy (non-hydrogen) atoms. The minimum Gasteiger partial charge on any atom is -0.322 e. The maximum absolute atomic E-state index is 12.0. The number of halogens is 1. The fourth-order valence-corrected chi connectivity index (χ4v) is 1.91. The molecule has 0 aliphatic rings. The number of rotatable bonds is 4. The fraction of sp³-hybridized carbons (Fsp3) is 0.0769. The molecule has 0 atom stereocenters. The molecule has 10 heteroatoms. The van der Waals surface area contributed by atoms with Gasteiger partial charge in [0.1, 0.15) is 18.2 Å². The summed E-state index contributed by atoms with van der Waals surface area (Å²) in [5.74, 6) is -0.647. The molecule has 2 aromatic rings. The number of aromatic nitrogens is 2. The van der Waals surface area contributed by atoms with Gasteiger partial charge in [0.05, 0.1) is 16.8 Å². The van der Waals surface area contributed by atoms with Gasteiger partial charge in [-0.15, -0.1) is 0 Å². The van der Waals surface area contributed by atoms with E-state index in [4.69, 9.17) is 16.9 Å². The Bertz CT molecular complexity index is 887. The first-order valence-electron chi connectivity index (χ1n) is 6.11. The van der Waals surface area contributed by atoms with Crippen LogP contribution in [0.4, 0.5) is 11.4 Å². The number of pyridine rings is 2. The Hall–Kier alpha value is -3.25. The van der Waals surface area contributed by atoms with E-state index in [0.717, 1.165) is 16.8 Å². The zero-order valence-corrected chi connectivity index (χ0v) is 12.1. The predicted octanol–water partition coefficient (Wildman–Crippen LogP) is 1.32. The fourth-order valence-electron chi connectivity index (χ4n) is 1.74. The maximum atomic E-state index is 12.0. The van der Waals surface area contributed by atoms with Crippen molar-refractivity contribution in [1.29, 1.82) is 5.26 Å². The van der Waals surface area contributed by atoms with Gasteiger partial charge in [-0.25, -0.2) is 4.98 Å². The Labute approximate surface area is 133 Å². The summed E-state index contributed by atoms with van der Waals surface area (Å²) < 4.78 is 0.788. The van der Waals surface area contributed by atoms with Crippen molar-refractivity contribution in [3.8, 4) is 6.07 Å². The number of carbonyl (C=O) groups is 1. The molecule has 0 spiro atoms. The molecule has 9 nitrogen and oxygen atoms in total. The van der Waals surface area contributed by atoms with Crippen LogP contribution in [0.5, 0.6) is 0 Å². The summed E-state index contributed by atoms with van der Waals surface area (Å²) in [5.41, 5.74) is -1.46. The molecule has 0 aliphatic heterocycles. The van der Waals surface area contributed by atoms with Crippen molar-refractivity contribution in [3.05, 3.63) is 61.8 Å². The Morgan fingerprint density at radius 1 is 1.57 bits per heavy atom. The molecule has 2 rings (SSSR count). The molecule has 0 saturated heterocycles.